The van der Waals surface area contributed by atoms with Gasteiger partial charge in [-0.1, -0.05) is 202 Å². The Morgan fingerprint density at radius 2 is 0.574 bits per heavy atom. The van der Waals surface area contributed by atoms with E-state index in [0.29, 0.717) is 12.8 Å². The molecular weight excluding hydrogens is 845 g/mol. The Morgan fingerprint density at radius 1 is 0.309 bits per heavy atom. The van der Waals surface area contributed by atoms with Crippen molar-refractivity contribution in [3.05, 3.63) is 0 Å². The van der Waals surface area contributed by atoms with Crippen LogP contribution in [-0.2, 0) is 23.8 Å². The molecule has 1 amide bonds. The van der Waals surface area contributed by atoms with Gasteiger partial charge in [-0.05, 0) is 123 Å². The molecule has 0 N–H and O–H groups in total. The summed E-state index contributed by atoms with van der Waals surface area (Å²) in [6.45, 7) is 13.7. The van der Waals surface area contributed by atoms with E-state index in [-0.39, 0.29) is 36.3 Å². The third-order valence-electron chi connectivity index (χ3n) is 14.0. The minimum absolute atomic E-state index is 0.00151. The molecule has 0 spiro atoms. The topological polar surface area (TPSA) is 85.4 Å². The number of rotatable bonds is 53. The molecular formula is C60H118N2O6. The lowest BCUT2D eigenvalue weighted by atomic mass is 10.0. The van der Waals surface area contributed by atoms with Crippen molar-refractivity contribution >= 4 is 18.0 Å². The molecule has 0 rings (SSSR count). The van der Waals surface area contributed by atoms with Gasteiger partial charge in [-0.2, -0.15) is 0 Å². The highest BCUT2D eigenvalue weighted by Crippen LogP contribution is 2.22. The van der Waals surface area contributed by atoms with E-state index in [4.69, 9.17) is 14.2 Å². The molecule has 0 aliphatic rings. The number of amides is 1. The number of nitrogens with zero attached hydrogens (tertiary/aromatic N) is 2. The highest BCUT2D eigenvalue weighted by Gasteiger charge is 2.21. The van der Waals surface area contributed by atoms with Crippen LogP contribution in [0.4, 0.5) is 4.79 Å². The third-order valence-corrected chi connectivity index (χ3v) is 14.0. The van der Waals surface area contributed by atoms with Crippen LogP contribution in [0.3, 0.4) is 0 Å². The number of hydrogen-bond acceptors (Lipinski definition) is 7. The van der Waals surface area contributed by atoms with Crippen molar-refractivity contribution in [2.75, 3.05) is 33.7 Å². The van der Waals surface area contributed by atoms with Crippen molar-refractivity contribution in [2.45, 2.75) is 335 Å². The standard InChI is InChI=1S/C60H118N2O6/c1-8-13-18-23-28-33-42-53-62(54-43-52-61(6)7)60(65)68-57(48-38-29-24-26-31-40-50-58(63)66-55(44-34-19-14-9-2)45-35-20-15-10-3)49-39-30-25-27-32-41-51-59(64)67-56(46-36-21-16-11-4)47-37-22-17-12-5/h55-57H,8-54H2,1-7H3. The van der Waals surface area contributed by atoms with Crippen LogP contribution in [0.25, 0.3) is 0 Å². The maximum Gasteiger partial charge on any atom is 0.410 e. The first kappa shape index (κ1) is 66.2. The molecule has 0 saturated heterocycles. The molecule has 0 aliphatic carbocycles. The van der Waals surface area contributed by atoms with Crippen LogP contribution in [-0.4, -0.2) is 79.9 Å². The second-order valence-corrected chi connectivity index (χ2v) is 21.2. The van der Waals surface area contributed by atoms with Crippen LogP contribution in [0.1, 0.15) is 317 Å². The van der Waals surface area contributed by atoms with Gasteiger partial charge in [0.2, 0.25) is 0 Å². The predicted molar refractivity (Wildman–Crippen MR) is 292 cm³/mol. The van der Waals surface area contributed by atoms with Crippen molar-refractivity contribution < 1.29 is 28.6 Å². The first-order valence-electron chi connectivity index (χ1n) is 30.2. The third kappa shape index (κ3) is 45.3. The Hall–Kier alpha value is -1.83. The van der Waals surface area contributed by atoms with Crippen LogP contribution in [0, 0.1) is 0 Å². The largest absolute Gasteiger partial charge is 0.462 e. The minimum Gasteiger partial charge on any atom is -0.462 e. The normalized spacial score (nSPS) is 11.7. The van der Waals surface area contributed by atoms with Crippen molar-refractivity contribution in [1.29, 1.82) is 0 Å². The molecule has 404 valence electrons. The summed E-state index contributed by atoms with van der Waals surface area (Å²) < 4.78 is 18.4. The van der Waals surface area contributed by atoms with Crippen molar-refractivity contribution in [3.8, 4) is 0 Å². The lowest BCUT2D eigenvalue weighted by Crippen LogP contribution is -2.37. The van der Waals surface area contributed by atoms with Gasteiger partial charge in [-0.25, -0.2) is 4.79 Å². The van der Waals surface area contributed by atoms with E-state index in [1.54, 1.807) is 0 Å². The molecule has 0 heterocycles. The van der Waals surface area contributed by atoms with Crippen LogP contribution in [0.15, 0.2) is 0 Å². The second-order valence-electron chi connectivity index (χ2n) is 21.2. The van der Waals surface area contributed by atoms with E-state index in [2.05, 4.69) is 53.6 Å². The number of ether oxygens (including phenoxy) is 3. The zero-order valence-electron chi connectivity index (χ0n) is 46.8. The summed E-state index contributed by atoms with van der Waals surface area (Å²) in [4.78, 5) is 43.6. The smallest absolute Gasteiger partial charge is 0.410 e. The number of carbonyl (C=O) groups excluding carboxylic acids is 3. The number of esters is 2. The van der Waals surface area contributed by atoms with Crippen LogP contribution in [0.5, 0.6) is 0 Å². The van der Waals surface area contributed by atoms with E-state index >= 15 is 0 Å². The average Bonchev–Trinajstić information content (AvgIpc) is 3.32. The number of unbranched alkanes of at least 4 members (excludes halogenated alkanes) is 28. The molecule has 0 saturated carbocycles. The maximum atomic E-state index is 13.8. The molecule has 0 aliphatic heterocycles. The summed E-state index contributed by atoms with van der Waals surface area (Å²) >= 11 is 0. The molecule has 8 heteroatoms. The molecule has 0 radical (unpaired) electrons. The van der Waals surface area contributed by atoms with Gasteiger partial charge in [0, 0.05) is 25.9 Å². The zero-order valence-corrected chi connectivity index (χ0v) is 46.8. The predicted octanol–water partition coefficient (Wildman–Crippen LogP) is 18.4. The van der Waals surface area contributed by atoms with Gasteiger partial charge < -0.3 is 24.0 Å². The molecule has 68 heavy (non-hydrogen) atoms. The summed E-state index contributed by atoms with van der Waals surface area (Å²) in [5.41, 5.74) is 0. The Morgan fingerprint density at radius 3 is 0.912 bits per heavy atom. The van der Waals surface area contributed by atoms with Gasteiger partial charge >= 0.3 is 18.0 Å². The molecule has 0 aromatic rings. The molecule has 8 nitrogen and oxygen atoms in total. The molecule has 0 atom stereocenters. The van der Waals surface area contributed by atoms with Gasteiger partial charge in [-0.3, -0.25) is 9.59 Å². The first-order chi connectivity index (χ1) is 33.2. The van der Waals surface area contributed by atoms with Crippen molar-refractivity contribution in [2.24, 2.45) is 0 Å². The van der Waals surface area contributed by atoms with E-state index in [9.17, 15) is 14.4 Å². The van der Waals surface area contributed by atoms with E-state index in [1.807, 2.05) is 4.90 Å². The number of carbonyl (C=O) groups is 3. The summed E-state index contributed by atoms with van der Waals surface area (Å²) in [7, 11) is 4.20. The average molecular weight is 964 g/mol. The fourth-order valence-corrected chi connectivity index (χ4v) is 9.52. The Labute approximate surface area is 424 Å². The number of hydrogen-bond donors (Lipinski definition) is 0. The van der Waals surface area contributed by atoms with Crippen LogP contribution < -0.4 is 0 Å². The van der Waals surface area contributed by atoms with Crippen LogP contribution >= 0.6 is 0 Å². The fraction of sp³-hybridized carbons (Fsp3) is 0.950. The molecule has 0 bridgehead atoms. The van der Waals surface area contributed by atoms with Gasteiger partial charge in [0.05, 0.1) is 0 Å². The Bertz CT molecular complexity index is 1000. The Kier molecular flexibility index (Phi) is 50.1. The van der Waals surface area contributed by atoms with Gasteiger partial charge in [0.1, 0.15) is 18.3 Å². The molecule has 0 fully saturated rings. The zero-order chi connectivity index (χ0) is 50.0. The van der Waals surface area contributed by atoms with Crippen molar-refractivity contribution in [3.63, 3.8) is 0 Å². The second kappa shape index (κ2) is 51.5. The quantitative estimate of drug-likeness (QED) is 0.0341. The Balaban J connectivity index is 5.05. The maximum absolute atomic E-state index is 13.8. The van der Waals surface area contributed by atoms with Crippen molar-refractivity contribution in [1.82, 2.24) is 9.80 Å². The van der Waals surface area contributed by atoms with E-state index < -0.39 is 0 Å². The minimum atomic E-state index is -0.119. The van der Waals surface area contributed by atoms with Gasteiger partial charge in [-0.15, -0.1) is 0 Å². The molecule has 0 aromatic heterocycles. The van der Waals surface area contributed by atoms with E-state index in [1.165, 1.54) is 116 Å². The van der Waals surface area contributed by atoms with Crippen LogP contribution in [0.2, 0.25) is 0 Å². The monoisotopic (exact) mass is 963 g/mol. The molecule has 0 aromatic carbocycles. The lowest BCUT2D eigenvalue weighted by molar-refractivity contribution is -0.151. The highest BCUT2D eigenvalue weighted by molar-refractivity contribution is 5.70. The fourth-order valence-electron chi connectivity index (χ4n) is 9.52. The summed E-state index contributed by atoms with van der Waals surface area (Å²) in [5.74, 6) is -0.00302. The lowest BCUT2D eigenvalue weighted by Gasteiger charge is -2.26. The summed E-state index contributed by atoms with van der Waals surface area (Å²) in [6, 6.07) is 0. The van der Waals surface area contributed by atoms with E-state index in [0.717, 1.165) is 174 Å². The highest BCUT2D eigenvalue weighted by atomic mass is 16.6. The summed E-state index contributed by atoms with van der Waals surface area (Å²) in [6.07, 6.45) is 49.0. The summed E-state index contributed by atoms with van der Waals surface area (Å²) in [5, 5.41) is 0. The van der Waals surface area contributed by atoms with Gasteiger partial charge in [0.25, 0.3) is 0 Å². The first-order valence-corrected chi connectivity index (χ1v) is 30.2. The van der Waals surface area contributed by atoms with Gasteiger partial charge in [0.15, 0.2) is 0 Å². The molecule has 0 unspecified atom stereocenters. The SMILES string of the molecule is CCCCCCCCCN(CCCN(C)C)C(=O)OC(CCCCCCCCC(=O)OC(CCCCCC)CCCCCC)CCCCCCCCC(=O)OC(CCCCCC)CCCCCC.